The summed E-state index contributed by atoms with van der Waals surface area (Å²) in [5, 5.41) is 2.90. The molecular formula is C19H26N2O5. The van der Waals surface area contributed by atoms with Gasteiger partial charge in [0.05, 0.1) is 34.4 Å². The van der Waals surface area contributed by atoms with Crippen molar-refractivity contribution in [1.29, 1.82) is 0 Å². The van der Waals surface area contributed by atoms with Crippen LogP contribution in [-0.2, 0) is 17.9 Å². The minimum atomic E-state index is -0.0791. The molecule has 1 aromatic heterocycles. The molecule has 2 rings (SSSR count). The second kappa shape index (κ2) is 9.15. The average molecular weight is 362 g/mol. The Labute approximate surface area is 153 Å². The van der Waals surface area contributed by atoms with E-state index in [9.17, 15) is 4.79 Å². The molecule has 26 heavy (non-hydrogen) atoms. The molecule has 142 valence electrons. The van der Waals surface area contributed by atoms with Crippen LogP contribution in [0.15, 0.2) is 28.7 Å². The van der Waals surface area contributed by atoms with Crippen molar-refractivity contribution in [2.45, 2.75) is 20.0 Å². The number of rotatable bonds is 9. The summed E-state index contributed by atoms with van der Waals surface area (Å²) in [5.41, 5.74) is 0.858. The van der Waals surface area contributed by atoms with Crippen molar-refractivity contribution in [1.82, 2.24) is 10.2 Å². The SMILES string of the molecule is COc1cc(CNC(=O)CN(C)Cc2ccc(C)o2)cc(OC)c1OC. The normalized spacial score (nSPS) is 10.7. The van der Waals surface area contributed by atoms with Crippen LogP contribution >= 0.6 is 0 Å². The molecular weight excluding hydrogens is 336 g/mol. The number of hydrogen-bond donors (Lipinski definition) is 1. The summed E-state index contributed by atoms with van der Waals surface area (Å²) in [6.45, 7) is 3.10. The number of hydrogen-bond acceptors (Lipinski definition) is 6. The van der Waals surface area contributed by atoms with E-state index in [0.29, 0.717) is 30.3 Å². The lowest BCUT2D eigenvalue weighted by atomic mass is 10.1. The van der Waals surface area contributed by atoms with Gasteiger partial charge in [0, 0.05) is 6.54 Å². The van der Waals surface area contributed by atoms with Crippen LogP contribution in [0.5, 0.6) is 17.2 Å². The van der Waals surface area contributed by atoms with E-state index in [1.165, 1.54) is 0 Å². The van der Waals surface area contributed by atoms with Crippen LogP contribution in [0.1, 0.15) is 17.1 Å². The second-order valence-corrected chi connectivity index (χ2v) is 5.99. The molecule has 1 aromatic carbocycles. The van der Waals surface area contributed by atoms with Crippen LogP contribution in [-0.4, -0.2) is 45.7 Å². The molecule has 2 aromatic rings. The lowest BCUT2D eigenvalue weighted by Gasteiger charge is -2.16. The van der Waals surface area contributed by atoms with Gasteiger partial charge in [-0.1, -0.05) is 0 Å². The Kier molecular flexibility index (Phi) is 6.91. The van der Waals surface area contributed by atoms with Gasteiger partial charge in [0.15, 0.2) is 11.5 Å². The molecule has 7 nitrogen and oxygen atoms in total. The topological polar surface area (TPSA) is 73.2 Å². The number of aryl methyl sites for hydroxylation is 1. The monoisotopic (exact) mass is 362 g/mol. The number of nitrogens with one attached hydrogen (secondary N) is 1. The Morgan fingerprint density at radius 3 is 2.27 bits per heavy atom. The molecule has 0 saturated heterocycles. The van der Waals surface area contributed by atoms with Crippen molar-refractivity contribution in [2.24, 2.45) is 0 Å². The van der Waals surface area contributed by atoms with E-state index in [4.69, 9.17) is 18.6 Å². The summed E-state index contributed by atoms with van der Waals surface area (Å²) in [7, 11) is 6.55. The highest BCUT2D eigenvalue weighted by Gasteiger charge is 2.14. The van der Waals surface area contributed by atoms with E-state index >= 15 is 0 Å². The fraction of sp³-hybridized carbons (Fsp3) is 0.421. The van der Waals surface area contributed by atoms with Gasteiger partial charge < -0.3 is 23.9 Å². The molecule has 1 amide bonds. The van der Waals surface area contributed by atoms with E-state index in [1.54, 1.807) is 21.3 Å². The Bertz CT molecular complexity index is 716. The Morgan fingerprint density at radius 2 is 1.77 bits per heavy atom. The number of benzene rings is 1. The first-order valence-corrected chi connectivity index (χ1v) is 8.26. The maximum absolute atomic E-state index is 12.2. The molecule has 0 saturated carbocycles. The maximum atomic E-state index is 12.2. The van der Waals surface area contributed by atoms with E-state index < -0.39 is 0 Å². The molecule has 1 heterocycles. The molecule has 0 aliphatic rings. The number of nitrogens with zero attached hydrogens (tertiary/aromatic N) is 1. The predicted molar refractivity (Wildman–Crippen MR) is 97.7 cm³/mol. The van der Waals surface area contributed by atoms with E-state index in [-0.39, 0.29) is 12.5 Å². The van der Waals surface area contributed by atoms with E-state index in [1.807, 2.05) is 43.1 Å². The summed E-state index contributed by atoms with van der Waals surface area (Å²) < 4.78 is 21.5. The predicted octanol–water partition coefficient (Wildman–Crippen LogP) is 2.36. The number of carbonyl (C=O) groups excluding carboxylic acids is 1. The van der Waals surface area contributed by atoms with Crippen LogP contribution in [0.3, 0.4) is 0 Å². The third kappa shape index (κ3) is 5.16. The molecule has 1 N–H and O–H groups in total. The minimum Gasteiger partial charge on any atom is -0.493 e. The highest BCUT2D eigenvalue weighted by atomic mass is 16.5. The van der Waals surface area contributed by atoms with Gasteiger partial charge in [-0.15, -0.1) is 0 Å². The van der Waals surface area contributed by atoms with Gasteiger partial charge in [-0.25, -0.2) is 0 Å². The highest BCUT2D eigenvalue weighted by Crippen LogP contribution is 2.38. The summed E-state index contributed by atoms with van der Waals surface area (Å²) in [5.74, 6) is 3.26. The summed E-state index contributed by atoms with van der Waals surface area (Å²) in [6, 6.07) is 7.46. The molecule has 0 aliphatic heterocycles. The van der Waals surface area contributed by atoms with Crippen molar-refractivity contribution < 1.29 is 23.4 Å². The summed E-state index contributed by atoms with van der Waals surface area (Å²) in [4.78, 5) is 14.1. The van der Waals surface area contributed by atoms with Gasteiger partial charge >= 0.3 is 0 Å². The molecule has 0 spiro atoms. The number of methoxy groups -OCH3 is 3. The molecule has 0 unspecified atom stereocenters. The first kappa shape index (κ1) is 19.7. The Hall–Kier alpha value is -2.67. The van der Waals surface area contributed by atoms with Crippen LogP contribution in [0.2, 0.25) is 0 Å². The molecule has 0 fully saturated rings. The molecule has 0 aliphatic carbocycles. The first-order valence-electron chi connectivity index (χ1n) is 8.26. The van der Waals surface area contributed by atoms with Gasteiger partial charge in [0.1, 0.15) is 11.5 Å². The molecule has 7 heteroatoms. The average Bonchev–Trinajstić information content (AvgIpc) is 3.03. The zero-order chi connectivity index (χ0) is 19.1. The minimum absolute atomic E-state index is 0.0791. The number of ether oxygens (including phenoxy) is 3. The van der Waals surface area contributed by atoms with Crippen LogP contribution in [0.25, 0.3) is 0 Å². The van der Waals surface area contributed by atoms with E-state index in [0.717, 1.165) is 17.1 Å². The van der Waals surface area contributed by atoms with Crippen LogP contribution < -0.4 is 19.5 Å². The zero-order valence-electron chi connectivity index (χ0n) is 15.9. The third-order valence-corrected chi connectivity index (χ3v) is 3.85. The van der Waals surface area contributed by atoms with Crippen LogP contribution in [0, 0.1) is 6.92 Å². The van der Waals surface area contributed by atoms with Crippen molar-refractivity contribution >= 4 is 5.91 Å². The quantitative estimate of drug-likeness (QED) is 0.738. The van der Waals surface area contributed by atoms with Gasteiger partial charge in [-0.2, -0.15) is 0 Å². The molecule has 0 radical (unpaired) electrons. The zero-order valence-corrected chi connectivity index (χ0v) is 15.9. The highest BCUT2D eigenvalue weighted by molar-refractivity contribution is 5.78. The number of likely N-dealkylation sites (N-methyl/N-ethyl adjacent to an activating group) is 1. The molecule has 0 bridgehead atoms. The summed E-state index contributed by atoms with van der Waals surface area (Å²) >= 11 is 0. The molecule has 0 atom stereocenters. The number of carbonyl (C=O) groups is 1. The van der Waals surface area contributed by atoms with E-state index in [2.05, 4.69) is 5.32 Å². The smallest absolute Gasteiger partial charge is 0.234 e. The van der Waals surface area contributed by atoms with Gasteiger partial charge in [0.25, 0.3) is 0 Å². The maximum Gasteiger partial charge on any atom is 0.234 e. The fourth-order valence-electron chi connectivity index (χ4n) is 2.63. The fourth-order valence-corrected chi connectivity index (χ4v) is 2.63. The lowest BCUT2D eigenvalue weighted by Crippen LogP contribution is -2.34. The Morgan fingerprint density at radius 1 is 1.12 bits per heavy atom. The van der Waals surface area contributed by atoms with Crippen molar-refractivity contribution in [2.75, 3.05) is 34.9 Å². The van der Waals surface area contributed by atoms with Crippen molar-refractivity contribution in [3.05, 3.63) is 41.3 Å². The van der Waals surface area contributed by atoms with Crippen molar-refractivity contribution in [3.63, 3.8) is 0 Å². The lowest BCUT2D eigenvalue weighted by molar-refractivity contribution is -0.122. The van der Waals surface area contributed by atoms with Gasteiger partial charge in [-0.3, -0.25) is 9.69 Å². The third-order valence-electron chi connectivity index (χ3n) is 3.85. The van der Waals surface area contributed by atoms with Crippen molar-refractivity contribution in [3.8, 4) is 17.2 Å². The number of furan rings is 1. The number of amides is 1. The van der Waals surface area contributed by atoms with Gasteiger partial charge in [-0.05, 0) is 43.8 Å². The summed E-state index contributed by atoms with van der Waals surface area (Å²) in [6.07, 6.45) is 0. The Balaban J connectivity index is 1.92. The first-order chi connectivity index (χ1) is 12.5. The van der Waals surface area contributed by atoms with Gasteiger partial charge in [0.2, 0.25) is 11.7 Å². The standard InChI is InChI=1S/C19H26N2O5/c1-13-6-7-15(26-13)11-21(2)12-18(22)20-10-14-8-16(23-3)19(25-5)17(9-14)24-4/h6-9H,10-12H2,1-5H3,(H,20,22). The van der Waals surface area contributed by atoms with Crippen LogP contribution in [0.4, 0.5) is 0 Å². The largest absolute Gasteiger partial charge is 0.493 e. The second-order valence-electron chi connectivity index (χ2n) is 5.99.